The topological polar surface area (TPSA) is 122 Å². The van der Waals surface area contributed by atoms with E-state index >= 15 is 0 Å². The van der Waals surface area contributed by atoms with Crippen molar-refractivity contribution in [1.82, 2.24) is 5.16 Å². The summed E-state index contributed by atoms with van der Waals surface area (Å²) in [7, 11) is 0. The summed E-state index contributed by atoms with van der Waals surface area (Å²) in [6.45, 7) is 7.67. The maximum Gasteiger partial charge on any atom is 0.503 e. The van der Waals surface area contributed by atoms with E-state index in [4.69, 9.17) is 24.3 Å². The van der Waals surface area contributed by atoms with Crippen LogP contribution in [0.4, 0.5) is 15.3 Å². The first-order valence-electron chi connectivity index (χ1n) is 11.2. The Labute approximate surface area is 198 Å². The minimum absolute atomic E-state index is 0.181. The molecule has 2 aromatic carbocycles. The van der Waals surface area contributed by atoms with Crippen molar-refractivity contribution in [3.63, 3.8) is 0 Å². The molecular formula is C26H30N2O6. The number of anilines is 1. The average Bonchev–Trinajstić information content (AvgIpc) is 3.58. The van der Waals surface area contributed by atoms with Gasteiger partial charge in [0, 0.05) is 5.56 Å². The lowest BCUT2D eigenvalue weighted by atomic mass is 10.00. The standard InChI is InChI=1S/C25H28N2O3.CH2O3/c1-15(2)16(3)29-25(28)26-23-17(4)30-27-24(23)22-13-11-21(12-14-22)20-9-7-19(8-10-20)18-5-6-18;2-1(3)4/h7-16,18H,5-6H2,1-4H3,(H,26,28);(H2,2,3,4)/t16-;/m1./s1. The van der Waals surface area contributed by atoms with Crippen LogP contribution in [0.3, 0.4) is 0 Å². The van der Waals surface area contributed by atoms with Crippen LogP contribution < -0.4 is 5.32 Å². The number of rotatable bonds is 6. The van der Waals surface area contributed by atoms with Crippen molar-refractivity contribution in [2.45, 2.75) is 52.6 Å². The van der Waals surface area contributed by atoms with E-state index in [0.29, 0.717) is 17.1 Å². The number of aryl methyl sites for hydroxylation is 1. The van der Waals surface area contributed by atoms with Crippen LogP contribution in [-0.4, -0.2) is 33.7 Å². The second-order valence-electron chi connectivity index (χ2n) is 8.70. The van der Waals surface area contributed by atoms with Crippen molar-refractivity contribution < 1.29 is 29.1 Å². The Morgan fingerprint density at radius 2 is 1.47 bits per heavy atom. The first-order valence-corrected chi connectivity index (χ1v) is 11.2. The van der Waals surface area contributed by atoms with Crippen LogP contribution in [0, 0.1) is 12.8 Å². The Hall–Kier alpha value is -3.81. The monoisotopic (exact) mass is 466 g/mol. The van der Waals surface area contributed by atoms with Crippen LogP contribution in [-0.2, 0) is 4.74 Å². The normalized spacial score (nSPS) is 13.6. The van der Waals surface area contributed by atoms with Gasteiger partial charge in [-0.2, -0.15) is 0 Å². The van der Waals surface area contributed by atoms with Crippen molar-refractivity contribution in [2.75, 3.05) is 5.32 Å². The lowest BCUT2D eigenvalue weighted by molar-refractivity contribution is 0.0940. The highest BCUT2D eigenvalue weighted by atomic mass is 16.6. The number of amides is 1. The second kappa shape index (κ2) is 10.9. The molecule has 3 aromatic rings. The molecule has 0 saturated heterocycles. The molecule has 0 spiro atoms. The summed E-state index contributed by atoms with van der Waals surface area (Å²) < 4.78 is 10.8. The largest absolute Gasteiger partial charge is 0.503 e. The first kappa shape index (κ1) is 24.8. The van der Waals surface area contributed by atoms with Gasteiger partial charge in [-0.05, 0) is 55.2 Å². The summed E-state index contributed by atoms with van der Waals surface area (Å²) in [5.41, 5.74) is 5.77. The van der Waals surface area contributed by atoms with Crippen molar-refractivity contribution in [1.29, 1.82) is 0 Å². The molecule has 1 aliphatic carbocycles. The number of benzene rings is 2. The summed E-state index contributed by atoms with van der Waals surface area (Å²) in [4.78, 5) is 20.8. The molecule has 0 radical (unpaired) electrons. The fourth-order valence-electron chi connectivity index (χ4n) is 3.34. The summed E-state index contributed by atoms with van der Waals surface area (Å²) >= 11 is 0. The number of aromatic nitrogens is 1. The highest BCUT2D eigenvalue weighted by Crippen LogP contribution is 2.40. The van der Waals surface area contributed by atoms with Crippen LogP contribution in [0.1, 0.15) is 50.9 Å². The minimum Gasteiger partial charge on any atom is -0.450 e. The molecule has 1 amide bonds. The van der Waals surface area contributed by atoms with Gasteiger partial charge in [0.2, 0.25) is 0 Å². The molecule has 1 atom stereocenters. The number of carboxylic acid groups (broad SMARTS) is 2. The van der Waals surface area contributed by atoms with Gasteiger partial charge in [0.15, 0.2) is 5.76 Å². The number of carbonyl (C=O) groups is 2. The van der Waals surface area contributed by atoms with Gasteiger partial charge in [-0.1, -0.05) is 67.5 Å². The Balaban J connectivity index is 0.000000751. The molecule has 34 heavy (non-hydrogen) atoms. The number of carbonyl (C=O) groups excluding carboxylic acids is 1. The third-order valence-corrected chi connectivity index (χ3v) is 5.77. The molecule has 1 saturated carbocycles. The molecule has 0 aliphatic heterocycles. The fraction of sp³-hybridized carbons (Fsp3) is 0.346. The summed E-state index contributed by atoms with van der Waals surface area (Å²) in [5, 5.41) is 20.9. The molecule has 0 bridgehead atoms. The van der Waals surface area contributed by atoms with Crippen LogP contribution in [0.5, 0.6) is 0 Å². The predicted octanol–water partition coefficient (Wildman–Crippen LogP) is 7.01. The summed E-state index contributed by atoms with van der Waals surface area (Å²) in [6, 6.07) is 16.9. The second-order valence-corrected chi connectivity index (χ2v) is 8.70. The molecule has 3 N–H and O–H groups in total. The number of hydrogen-bond acceptors (Lipinski definition) is 5. The number of nitrogens with one attached hydrogen (secondary N) is 1. The van der Waals surface area contributed by atoms with Gasteiger partial charge in [0.05, 0.1) is 0 Å². The Morgan fingerprint density at radius 1 is 0.971 bits per heavy atom. The lowest BCUT2D eigenvalue weighted by Gasteiger charge is -2.16. The number of hydrogen-bond donors (Lipinski definition) is 3. The maximum absolute atomic E-state index is 12.3. The van der Waals surface area contributed by atoms with Gasteiger partial charge in [-0.3, -0.25) is 5.32 Å². The highest BCUT2D eigenvalue weighted by Gasteiger charge is 2.23. The molecule has 1 fully saturated rings. The van der Waals surface area contributed by atoms with E-state index in [1.54, 1.807) is 6.92 Å². The Morgan fingerprint density at radius 3 is 1.97 bits per heavy atom. The van der Waals surface area contributed by atoms with E-state index in [-0.39, 0.29) is 12.0 Å². The molecule has 8 heteroatoms. The number of nitrogens with zero attached hydrogens (tertiary/aromatic N) is 1. The molecular weight excluding hydrogens is 436 g/mol. The third kappa shape index (κ3) is 6.60. The van der Waals surface area contributed by atoms with E-state index in [2.05, 4.69) is 46.9 Å². The van der Waals surface area contributed by atoms with Crippen molar-refractivity contribution in [2.24, 2.45) is 5.92 Å². The Bertz CT molecular complexity index is 1110. The molecule has 0 unspecified atom stereocenters. The van der Waals surface area contributed by atoms with Gasteiger partial charge in [0.25, 0.3) is 0 Å². The summed E-state index contributed by atoms with van der Waals surface area (Å²) in [6.07, 6.45) is 0.104. The average molecular weight is 467 g/mol. The number of ether oxygens (including phenoxy) is 1. The van der Waals surface area contributed by atoms with Gasteiger partial charge in [0.1, 0.15) is 17.5 Å². The van der Waals surface area contributed by atoms with Crippen molar-refractivity contribution in [3.8, 4) is 22.4 Å². The molecule has 4 rings (SSSR count). The van der Waals surface area contributed by atoms with E-state index in [9.17, 15) is 4.79 Å². The lowest BCUT2D eigenvalue weighted by Crippen LogP contribution is -2.24. The summed E-state index contributed by atoms with van der Waals surface area (Å²) in [5.74, 6) is 1.54. The predicted molar refractivity (Wildman–Crippen MR) is 129 cm³/mol. The van der Waals surface area contributed by atoms with Crippen LogP contribution in [0.25, 0.3) is 22.4 Å². The van der Waals surface area contributed by atoms with Crippen LogP contribution in [0.2, 0.25) is 0 Å². The third-order valence-electron chi connectivity index (χ3n) is 5.77. The zero-order valence-electron chi connectivity index (χ0n) is 19.7. The zero-order valence-corrected chi connectivity index (χ0v) is 19.7. The smallest absolute Gasteiger partial charge is 0.450 e. The maximum atomic E-state index is 12.3. The molecule has 180 valence electrons. The van der Waals surface area contributed by atoms with Crippen molar-refractivity contribution in [3.05, 3.63) is 59.9 Å². The SMILES string of the molecule is Cc1onc(-c2ccc(-c3ccc(C4CC4)cc3)cc2)c1NC(=O)O[C@H](C)C(C)C.O=C(O)O. The van der Waals surface area contributed by atoms with Gasteiger partial charge in [-0.15, -0.1) is 0 Å². The first-order chi connectivity index (χ1) is 16.2. The van der Waals surface area contributed by atoms with Crippen molar-refractivity contribution >= 4 is 17.9 Å². The van der Waals surface area contributed by atoms with Crippen LogP contribution in [0.15, 0.2) is 53.1 Å². The fourth-order valence-corrected chi connectivity index (χ4v) is 3.34. The molecule has 8 nitrogen and oxygen atoms in total. The van der Waals surface area contributed by atoms with Gasteiger partial charge in [-0.25, -0.2) is 9.59 Å². The van der Waals surface area contributed by atoms with E-state index in [1.165, 1.54) is 24.0 Å². The Kier molecular flexibility index (Phi) is 7.94. The molecule has 1 aromatic heterocycles. The zero-order chi connectivity index (χ0) is 24.8. The van der Waals surface area contributed by atoms with Crippen LogP contribution >= 0.6 is 0 Å². The quantitative estimate of drug-likeness (QED) is 0.357. The van der Waals surface area contributed by atoms with E-state index < -0.39 is 12.2 Å². The van der Waals surface area contributed by atoms with E-state index in [0.717, 1.165) is 17.0 Å². The van der Waals surface area contributed by atoms with Gasteiger partial charge < -0.3 is 19.5 Å². The molecule has 1 aliphatic rings. The highest BCUT2D eigenvalue weighted by molar-refractivity contribution is 5.91. The minimum atomic E-state index is -1.83. The van der Waals surface area contributed by atoms with E-state index in [1.807, 2.05) is 32.9 Å². The van der Waals surface area contributed by atoms with Gasteiger partial charge >= 0.3 is 12.2 Å². The molecule has 1 heterocycles.